The fourth-order valence-electron chi connectivity index (χ4n) is 4.74. The molecular weight excluding hydrogens is 441 g/mol. The number of anilines is 1. The van der Waals surface area contributed by atoms with Crippen molar-refractivity contribution in [3.63, 3.8) is 0 Å². The number of benzene rings is 2. The molecule has 3 atom stereocenters. The average molecular weight is 470 g/mol. The molecule has 5 rings (SSSR count). The summed E-state index contributed by atoms with van der Waals surface area (Å²) in [4.78, 5) is 27.4. The predicted molar refractivity (Wildman–Crippen MR) is 128 cm³/mol. The van der Waals surface area contributed by atoms with Crippen LogP contribution in [0.2, 0.25) is 0 Å². The van der Waals surface area contributed by atoms with Gasteiger partial charge in [0.2, 0.25) is 0 Å². The standard InChI is InChI=1S/C24H28FN5O4/c1-33-22-20(10-9-16-21(22)29(14-7-8-14)24(32)30(27)23(16)31)28-11-17(18(25)12-28)19(26)13-34-15-5-3-2-4-6-15/h2-6,9-10,14,17-19H,7-8,11-13,26-27H2,1H3/t17-,18+,19+/m0/s1. The van der Waals surface area contributed by atoms with E-state index in [9.17, 15) is 9.59 Å². The van der Waals surface area contributed by atoms with E-state index in [-0.39, 0.29) is 24.6 Å². The number of nitrogens with zero attached hydrogens (tertiary/aromatic N) is 3. The van der Waals surface area contributed by atoms with Crippen LogP contribution in [0.1, 0.15) is 18.9 Å². The Balaban J connectivity index is 1.46. The van der Waals surface area contributed by atoms with E-state index in [1.165, 1.54) is 11.7 Å². The van der Waals surface area contributed by atoms with E-state index in [0.717, 1.165) is 12.8 Å². The number of para-hydroxylation sites is 1. The van der Waals surface area contributed by atoms with Crippen molar-refractivity contribution in [2.45, 2.75) is 31.1 Å². The lowest BCUT2D eigenvalue weighted by atomic mass is 9.99. The normalized spacial score (nSPS) is 21.1. The van der Waals surface area contributed by atoms with Gasteiger partial charge in [-0.3, -0.25) is 9.36 Å². The molecule has 2 aromatic carbocycles. The number of nitrogens with two attached hydrogens (primary N) is 2. The molecule has 2 aliphatic rings. The summed E-state index contributed by atoms with van der Waals surface area (Å²) in [5.74, 6) is 6.34. The molecule has 0 bridgehead atoms. The lowest BCUT2D eigenvalue weighted by Gasteiger charge is -2.24. The molecule has 10 heteroatoms. The number of nitrogen functional groups attached to an aromatic ring is 1. The Kier molecular flexibility index (Phi) is 5.68. The van der Waals surface area contributed by atoms with Crippen molar-refractivity contribution in [3.05, 3.63) is 63.3 Å². The smallest absolute Gasteiger partial charge is 0.350 e. The largest absolute Gasteiger partial charge is 0.492 e. The van der Waals surface area contributed by atoms with Crippen LogP contribution in [0.3, 0.4) is 0 Å². The summed E-state index contributed by atoms with van der Waals surface area (Å²) < 4.78 is 28.7. The van der Waals surface area contributed by atoms with Gasteiger partial charge in [-0.2, -0.15) is 4.68 Å². The maximum Gasteiger partial charge on any atom is 0.350 e. The Labute approximate surface area is 195 Å². The first-order chi connectivity index (χ1) is 16.4. The maximum absolute atomic E-state index is 15.1. The van der Waals surface area contributed by atoms with E-state index in [4.69, 9.17) is 21.1 Å². The number of hydrogen-bond donors (Lipinski definition) is 2. The lowest BCUT2D eigenvalue weighted by Crippen LogP contribution is -2.44. The number of halogens is 1. The van der Waals surface area contributed by atoms with Crippen molar-refractivity contribution in [2.75, 3.05) is 37.5 Å². The third-order valence-electron chi connectivity index (χ3n) is 6.70. The van der Waals surface area contributed by atoms with Gasteiger partial charge in [-0.05, 0) is 37.1 Å². The fourth-order valence-corrected chi connectivity index (χ4v) is 4.74. The molecule has 0 radical (unpaired) electrons. The van der Waals surface area contributed by atoms with Crippen LogP contribution >= 0.6 is 0 Å². The number of alkyl halides is 1. The van der Waals surface area contributed by atoms with Gasteiger partial charge in [-0.1, -0.05) is 18.2 Å². The third kappa shape index (κ3) is 3.77. The molecule has 1 aliphatic carbocycles. The highest BCUT2D eigenvalue weighted by atomic mass is 19.1. The second-order valence-electron chi connectivity index (χ2n) is 8.95. The molecule has 0 unspecified atom stereocenters. The maximum atomic E-state index is 15.1. The van der Waals surface area contributed by atoms with Crippen LogP contribution in [0.4, 0.5) is 10.1 Å². The SMILES string of the molecule is COc1c(N2C[C@H]([C@H](N)COc3ccccc3)[C@H](F)C2)ccc2c(=O)n(N)c(=O)n(C3CC3)c12. The van der Waals surface area contributed by atoms with Gasteiger partial charge >= 0.3 is 5.69 Å². The van der Waals surface area contributed by atoms with Crippen LogP contribution in [0.15, 0.2) is 52.1 Å². The summed E-state index contributed by atoms with van der Waals surface area (Å²) in [6.45, 7) is 0.659. The minimum absolute atomic E-state index is 0.0432. The summed E-state index contributed by atoms with van der Waals surface area (Å²) in [7, 11) is 1.48. The van der Waals surface area contributed by atoms with Gasteiger partial charge in [-0.15, -0.1) is 0 Å². The molecule has 1 aromatic heterocycles. The van der Waals surface area contributed by atoms with E-state index >= 15 is 4.39 Å². The monoisotopic (exact) mass is 469 g/mol. The van der Waals surface area contributed by atoms with Gasteiger partial charge in [0, 0.05) is 31.1 Å². The minimum Gasteiger partial charge on any atom is -0.492 e. The topological polar surface area (TPSA) is 118 Å². The van der Waals surface area contributed by atoms with E-state index in [1.54, 1.807) is 12.1 Å². The van der Waals surface area contributed by atoms with Gasteiger partial charge in [0.05, 0.1) is 18.2 Å². The molecule has 180 valence electrons. The molecule has 1 saturated heterocycles. The first-order valence-corrected chi connectivity index (χ1v) is 11.4. The van der Waals surface area contributed by atoms with Crippen LogP contribution in [0.5, 0.6) is 11.5 Å². The average Bonchev–Trinajstić information content (AvgIpc) is 3.61. The van der Waals surface area contributed by atoms with Gasteiger partial charge in [0.1, 0.15) is 24.0 Å². The number of methoxy groups -OCH3 is 1. The Bertz CT molecular complexity index is 1320. The van der Waals surface area contributed by atoms with Crippen molar-refractivity contribution in [1.82, 2.24) is 9.24 Å². The summed E-state index contributed by atoms with van der Waals surface area (Å²) in [6.07, 6.45) is 0.460. The highest BCUT2D eigenvalue weighted by molar-refractivity contribution is 5.91. The van der Waals surface area contributed by atoms with Crippen LogP contribution in [-0.2, 0) is 0 Å². The zero-order valence-electron chi connectivity index (χ0n) is 18.9. The van der Waals surface area contributed by atoms with E-state index in [2.05, 4.69) is 0 Å². The van der Waals surface area contributed by atoms with Crippen LogP contribution in [0, 0.1) is 5.92 Å². The Hall–Kier alpha value is -3.53. The van der Waals surface area contributed by atoms with Crippen LogP contribution < -0.4 is 37.2 Å². The highest BCUT2D eigenvalue weighted by Crippen LogP contribution is 2.42. The minimum atomic E-state index is -1.17. The van der Waals surface area contributed by atoms with Gasteiger partial charge in [-0.25, -0.2) is 9.18 Å². The Morgan fingerprint density at radius 2 is 1.85 bits per heavy atom. The lowest BCUT2D eigenvalue weighted by molar-refractivity contribution is 0.196. The molecule has 3 aromatic rings. The number of aromatic nitrogens is 2. The molecule has 2 fully saturated rings. The molecule has 1 saturated carbocycles. The first kappa shape index (κ1) is 22.3. The molecule has 4 N–H and O–H groups in total. The number of fused-ring (bicyclic) bond motifs is 1. The summed E-state index contributed by atoms with van der Waals surface area (Å²) in [5.41, 5.74) is 6.15. The molecule has 9 nitrogen and oxygen atoms in total. The summed E-state index contributed by atoms with van der Waals surface area (Å²) in [5, 5.41) is 0.287. The molecular formula is C24H28FN5O4. The highest BCUT2D eigenvalue weighted by Gasteiger charge is 2.39. The second-order valence-corrected chi connectivity index (χ2v) is 8.95. The molecule has 34 heavy (non-hydrogen) atoms. The van der Waals surface area contributed by atoms with E-state index < -0.39 is 29.4 Å². The molecule has 0 spiro atoms. The van der Waals surface area contributed by atoms with E-state index in [0.29, 0.717) is 33.9 Å². The van der Waals surface area contributed by atoms with Crippen molar-refractivity contribution in [3.8, 4) is 11.5 Å². The summed E-state index contributed by atoms with van der Waals surface area (Å²) >= 11 is 0. The number of rotatable bonds is 7. The Morgan fingerprint density at radius 3 is 2.53 bits per heavy atom. The zero-order valence-corrected chi connectivity index (χ0v) is 18.9. The van der Waals surface area contributed by atoms with E-state index in [1.807, 2.05) is 35.2 Å². The fraction of sp³-hybridized carbons (Fsp3) is 0.417. The molecule has 1 aliphatic heterocycles. The zero-order chi connectivity index (χ0) is 24.0. The van der Waals surface area contributed by atoms with Crippen molar-refractivity contribution >= 4 is 16.6 Å². The van der Waals surface area contributed by atoms with Crippen molar-refractivity contribution in [1.29, 1.82) is 0 Å². The van der Waals surface area contributed by atoms with Crippen LogP contribution in [0.25, 0.3) is 10.9 Å². The Morgan fingerprint density at radius 1 is 1.12 bits per heavy atom. The van der Waals surface area contributed by atoms with Crippen molar-refractivity contribution in [2.24, 2.45) is 11.7 Å². The predicted octanol–water partition coefficient (Wildman–Crippen LogP) is 1.40. The third-order valence-corrected chi connectivity index (χ3v) is 6.70. The quantitative estimate of drug-likeness (QED) is 0.502. The number of hydrogen-bond acceptors (Lipinski definition) is 7. The van der Waals surface area contributed by atoms with Gasteiger partial charge < -0.3 is 25.9 Å². The first-order valence-electron chi connectivity index (χ1n) is 11.4. The van der Waals surface area contributed by atoms with Gasteiger partial charge in [0.15, 0.2) is 5.75 Å². The van der Waals surface area contributed by atoms with Crippen molar-refractivity contribution < 1.29 is 13.9 Å². The number of ether oxygens (including phenoxy) is 2. The van der Waals surface area contributed by atoms with Crippen LogP contribution in [-0.4, -0.2) is 48.3 Å². The summed E-state index contributed by atoms with van der Waals surface area (Å²) in [6, 6.07) is 12.1. The molecule has 0 amide bonds. The second kappa shape index (κ2) is 8.68. The van der Waals surface area contributed by atoms with Gasteiger partial charge in [0.25, 0.3) is 5.56 Å². The molecule has 2 heterocycles.